The van der Waals surface area contributed by atoms with Gasteiger partial charge in [-0.1, -0.05) is 28.1 Å². The van der Waals surface area contributed by atoms with Gasteiger partial charge in [-0.25, -0.2) is 0 Å². The molecule has 28 heavy (non-hydrogen) atoms. The topological polar surface area (TPSA) is 42.0 Å². The zero-order chi connectivity index (χ0) is 20.1. The molecule has 0 aromatic heterocycles. The SMILES string of the molecule is COc1ccc(CN2CCN(C(=O)c3ccc(Br)cc3OC(C)C)CC2)cc1. The molecule has 1 amide bonds. The van der Waals surface area contributed by atoms with Crippen molar-refractivity contribution in [3.63, 3.8) is 0 Å². The van der Waals surface area contributed by atoms with Gasteiger partial charge in [0.05, 0.1) is 18.8 Å². The molecule has 2 aromatic carbocycles. The fourth-order valence-corrected chi connectivity index (χ4v) is 3.63. The van der Waals surface area contributed by atoms with Gasteiger partial charge in [-0.05, 0) is 49.7 Å². The Bertz CT molecular complexity index is 800. The second-order valence-corrected chi connectivity index (χ2v) is 8.14. The fourth-order valence-electron chi connectivity index (χ4n) is 3.29. The van der Waals surface area contributed by atoms with Gasteiger partial charge >= 0.3 is 0 Å². The maximum absolute atomic E-state index is 13.0. The van der Waals surface area contributed by atoms with E-state index in [4.69, 9.17) is 9.47 Å². The Balaban J connectivity index is 1.60. The van der Waals surface area contributed by atoms with Crippen molar-refractivity contribution in [2.45, 2.75) is 26.5 Å². The number of rotatable bonds is 6. The molecule has 0 saturated carbocycles. The van der Waals surface area contributed by atoms with E-state index in [-0.39, 0.29) is 12.0 Å². The Kier molecular flexibility index (Phi) is 6.97. The van der Waals surface area contributed by atoms with E-state index in [1.165, 1.54) is 5.56 Å². The van der Waals surface area contributed by atoms with Crippen LogP contribution in [0, 0.1) is 0 Å². The molecule has 1 aliphatic heterocycles. The first-order valence-corrected chi connectivity index (χ1v) is 10.4. The lowest BCUT2D eigenvalue weighted by Crippen LogP contribution is -2.48. The Labute approximate surface area is 175 Å². The van der Waals surface area contributed by atoms with Crippen LogP contribution in [0.1, 0.15) is 29.8 Å². The third kappa shape index (κ3) is 5.26. The summed E-state index contributed by atoms with van der Waals surface area (Å²) >= 11 is 3.46. The Morgan fingerprint density at radius 3 is 2.36 bits per heavy atom. The van der Waals surface area contributed by atoms with Gasteiger partial charge in [-0.2, -0.15) is 0 Å². The van der Waals surface area contributed by atoms with Crippen LogP contribution in [-0.2, 0) is 6.54 Å². The molecule has 150 valence electrons. The molecule has 6 heteroatoms. The van der Waals surface area contributed by atoms with Gasteiger partial charge in [0.2, 0.25) is 0 Å². The number of nitrogens with zero attached hydrogens (tertiary/aromatic N) is 2. The number of hydrogen-bond donors (Lipinski definition) is 0. The van der Waals surface area contributed by atoms with Crippen molar-refractivity contribution in [2.75, 3.05) is 33.3 Å². The van der Waals surface area contributed by atoms with Gasteiger partial charge in [-0.15, -0.1) is 0 Å². The third-order valence-corrected chi connectivity index (χ3v) is 5.25. The number of carbonyl (C=O) groups is 1. The number of carbonyl (C=O) groups excluding carboxylic acids is 1. The van der Waals surface area contributed by atoms with E-state index in [1.54, 1.807) is 7.11 Å². The molecule has 0 spiro atoms. The predicted molar refractivity (Wildman–Crippen MR) is 114 cm³/mol. The van der Waals surface area contributed by atoms with Gasteiger partial charge < -0.3 is 14.4 Å². The lowest BCUT2D eigenvalue weighted by Gasteiger charge is -2.35. The van der Waals surface area contributed by atoms with Crippen LogP contribution < -0.4 is 9.47 Å². The number of piperazine rings is 1. The molecule has 1 aliphatic rings. The lowest BCUT2D eigenvalue weighted by atomic mass is 10.1. The van der Waals surface area contributed by atoms with E-state index in [0.717, 1.165) is 29.9 Å². The van der Waals surface area contributed by atoms with Crippen LogP contribution in [0.2, 0.25) is 0 Å². The zero-order valence-electron chi connectivity index (χ0n) is 16.7. The van der Waals surface area contributed by atoms with Gasteiger partial charge in [0.25, 0.3) is 5.91 Å². The highest BCUT2D eigenvalue weighted by molar-refractivity contribution is 9.10. The molecule has 1 saturated heterocycles. The minimum absolute atomic E-state index is 0.0159. The Hall–Kier alpha value is -2.05. The standard InChI is InChI=1S/C22H27BrN2O3/c1-16(2)28-21-14-18(23)6-9-20(21)22(26)25-12-10-24(11-13-25)15-17-4-7-19(27-3)8-5-17/h4-9,14,16H,10-13,15H2,1-3H3. The number of hydrogen-bond acceptors (Lipinski definition) is 4. The van der Waals surface area contributed by atoms with Gasteiger partial charge in [0.15, 0.2) is 0 Å². The molecule has 1 fully saturated rings. The van der Waals surface area contributed by atoms with E-state index in [9.17, 15) is 4.79 Å². The second kappa shape index (κ2) is 9.43. The Morgan fingerprint density at radius 1 is 1.07 bits per heavy atom. The summed E-state index contributed by atoms with van der Waals surface area (Å²) in [6.45, 7) is 7.95. The summed E-state index contributed by atoms with van der Waals surface area (Å²) in [5, 5.41) is 0. The van der Waals surface area contributed by atoms with E-state index >= 15 is 0 Å². The van der Waals surface area contributed by atoms with Crippen LogP contribution in [0.15, 0.2) is 46.9 Å². The number of benzene rings is 2. The molecule has 0 radical (unpaired) electrons. The van der Waals surface area contributed by atoms with Crippen LogP contribution in [0.5, 0.6) is 11.5 Å². The van der Waals surface area contributed by atoms with Crippen molar-refractivity contribution in [1.82, 2.24) is 9.80 Å². The summed E-state index contributed by atoms with van der Waals surface area (Å²) in [5.41, 5.74) is 1.88. The molecule has 5 nitrogen and oxygen atoms in total. The van der Waals surface area contributed by atoms with E-state index in [2.05, 4.69) is 33.0 Å². The number of ether oxygens (including phenoxy) is 2. The summed E-state index contributed by atoms with van der Waals surface area (Å²) in [6.07, 6.45) is 0.0159. The smallest absolute Gasteiger partial charge is 0.257 e. The quantitative estimate of drug-likeness (QED) is 0.666. The van der Waals surface area contributed by atoms with Crippen molar-refractivity contribution >= 4 is 21.8 Å². The summed E-state index contributed by atoms with van der Waals surface area (Å²) in [4.78, 5) is 17.3. The highest BCUT2D eigenvalue weighted by Crippen LogP contribution is 2.26. The molecule has 0 N–H and O–H groups in total. The van der Waals surface area contributed by atoms with Crippen LogP contribution in [0.25, 0.3) is 0 Å². The first kappa shape index (κ1) is 20.7. The highest BCUT2D eigenvalue weighted by atomic mass is 79.9. The monoisotopic (exact) mass is 446 g/mol. The van der Waals surface area contributed by atoms with Crippen molar-refractivity contribution in [1.29, 1.82) is 0 Å². The molecule has 1 heterocycles. The molecular weight excluding hydrogens is 420 g/mol. The van der Waals surface area contributed by atoms with Crippen molar-refractivity contribution in [3.05, 3.63) is 58.1 Å². The second-order valence-electron chi connectivity index (χ2n) is 7.22. The molecule has 0 aliphatic carbocycles. The number of halogens is 1. The normalized spacial score (nSPS) is 15.0. The Morgan fingerprint density at radius 2 is 1.75 bits per heavy atom. The van der Waals surface area contributed by atoms with E-state index < -0.39 is 0 Å². The van der Waals surface area contributed by atoms with Gasteiger partial charge in [-0.3, -0.25) is 9.69 Å². The summed E-state index contributed by atoms with van der Waals surface area (Å²) < 4.78 is 12.0. The van der Waals surface area contributed by atoms with Crippen LogP contribution in [-0.4, -0.2) is 55.1 Å². The average molecular weight is 447 g/mol. The maximum atomic E-state index is 13.0. The van der Waals surface area contributed by atoms with Crippen LogP contribution in [0.3, 0.4) is 0 Å². The number of amides is 1. The summed E-state index contributed by atoms with van der Waals surface area (Å²) in [7, 11) is 1.67. The van der Waals surface area contributed by atoms with Crippen molar-refractivity contribution in [2.24, 2.45) is 0 Å². The zero-order valence-corrected chi connectivity index (χ0v) is 18.2. The molecule has 0 atom stereocenters. The molecule has 0 bridgehead atoms. The fraction of sp³-hybridized carbons (Fsp3) is 0.409. The first-order valence-electron chi connectivity index (χ1n) is 9.57. The first-order chi connectivity index (χ1) is 13.5. The minimum atomic E-state index is 0.0159. The van der Waals surface area contributed by atoms with E-state index in [0.29, 0.717) is 24.4 Å². The highest BCUT2D eigenvalue weighted by Gasteiger charge is 2.24. The lowest BCUT2D eigenvalue weighted by molar-refractivity contribution is 0.0623. The number of methoxy groups -OCH3 is 1. The average Bonchev–Trinajstić information content (AvgIpc) is 2.68. The van der Waals surface area contributed by atoms with Crippen LogP contribution >= 0.6 is 15.9 Å². The minimum Gasteiger partial charge on any atom is -0.497 e. The van der Waals surface area contributed by atoms with Gasteiger partial charge in [0, 0.05) is 37.2 Å². The molecule has 3 rings (SSSR count). The van der Waals surface area contributed by atoms with Crippen LogP contribution in [0.4, 0.5) is 0 Å². The molecule has 2 aromatic rings. The molecule has 0 unspecified atom stereocenters. The van der Waals surface area contributed by atoms with Crippen molar-refractivity contribution in [3.8, 4) is 11.5 Å². The maximum Gasteiger partial charge on any atom is 0.257 e. The summed E-state index contributed by atoms with van der Waals surface area (Å²) in [5.74, 6) is 1.54. The predicted octanol–water partition coefficient (Wildman–Crippen LogP) is 4.20. The van der Waals surface area contributed by atoms with Gasteiger partial charge in [0.1, 0.15) is 11.5 Å². The van der Waals surface area contributed by atoms with Crippen molar-refractivity contribution < 1.29 is 14.3 Å². The third-order valence-electron chi connectivity index (χ3n) is 4.76. The molecular formula is C22H27BrN2O3. The summed E-state index contributed by atoms with van der Waals surface area (Å²) in [6, 6.07) is 13.8. The largest absolute Gasteiger partial charge is 0.497 e. The van der Waals surface area contributed by atoms with E-state index in [1.807, 2.05) is 49.1 Å².